The first-order chi connectivity index (χ1) is 5.61. The number of rotatable bonds is 2. The van der Waals surface area contributed by atoms with Crippen LogP contribution in [0, 0.1) is 0 Å². The van der Waals surface area contributed by atoms with Gasteiger partial charge in [-0.05, 0) is 0 Å². The zero-order chi connectivity index (χ0) is 9.14. The Morgan fingerprint density at radius 1 is 1.75 bits per heavy atom. The Hall–Kier alpha value is -1.06. The molecule has 1 N–H and O–H groups in total. The number of hydrogen-bond donors (Lipinski definition) is 1. The molecule has 0 radical (unpaired) electrons. The number of carboxylic acid groups (broad SMARTS) is 1. The molecule has 68 valence electrons. The summed E-state index contributed by atoms with van der Waals surface area (Å²) >= 11 is 0. The molecular weight excluding hydrogens is 156 g/mol. The molecule has 0 aliphatic carbocycles. The first-order valence-corrected chi connectivity index (χ1v) is 4.12. The summed E-state index contributed by atoms with van der Waals surface area (Å²) in [7, 11) is 1.99. The summed E-state index contributed by atoms with van der Waals surface area (Å²) < 4.78 is 2.09. The summed E-state index contributed by atoms with van der Waals surface area (Å²) in [5.74, 6) is 0.299. The van der Waals surface area contributed by atoms with Crippen molar-refractivity contribution in [1.29, 1.82) is 0 Å². The molecule has 0 aromatic rings. The van der Waals surface area contributed by atoms with Gasteiger partial charge in [0, 0.05) is 13.3 Å². The Kier molecular flexibility index (Phi) is 2.68. The van der Waals surface area contributed by atoms with Gasteiger partial charge in [-0.3, -0.25) is 9.48 Å². The quantitative estimate of drug-likeness (QED) is 0.587. The van der Waals surface area contributed by atoms with Crippen LogP contribution in [0.25, 0.3) is 0 Å². The SMILES string of the molecule is CC1=[N+](C)CCCN1CC(=O)O. The fraction of sp³-hybridized carbons (Fsp3) is 0.750. The van der Waals surface area contributed by atoms with E-state index in [1.54, 1.807) is 0 Å². The summed E-state index contributed by atoms with van der Waals surface area (Å²) in [6.45, 7) is 3.97. The monoisotopic (exact) mass is 171 g/mol. The first kappa shape index (κ1) is 9.03. The van der Waals surface area contributed by atoms with Gasteiger partial charge in [0.1, 0.15) is 0 Å². The van der Waals surface area contributed by atoms with Crippen molar-refractivity contribution in [1.82, 2.24) is 4.90 Å². The molecule has 4 nitrogen and oxygen atoms in total. The van der Waals surface area contributed by atoms with Crippen molar-refractivity contribution in [2.24, 2.45) is 0 Å². The van der Waals surface area contributed by atoms with Crippen molar-refractivity contribution in [2.75, 3.05) is 26.7 Å². The largest absolute Gasteiger partial charge is 0.478 e. The molecule has 4 heteroatoms. The van der Waals surface area contributed by atoms with Gasteiger partial charge in [0.15, 0.2) is 6.54 Å². The van der Waals surface area contributed by atoms with Crippen molar-refractivity contribution in [3.8, 4) is 0 Å². The van der Waals surface area contributed by atoms with Gasteiger partial charge in [-0.15, -0.1) is 0 Å². The Bertz CT molecular complexity index is 223. The van der Waals surface area contributed by atoms with E-state index in [1.165, 1.54) is 0 Å². The molecule has 0 saturated heterocycles. The number of amidine groups is 1. The van der Waals surface area contributed by atoms with E-state index < -0.39 is 5.97 Å². The highest BCUT2D eigenvalue weighted by molar-refractivity contribution is 5.80. The Balaban J connectivity index is 2.65. The van der Waals surface area contributed by atoms with E-state index in [9.17, 15) is 4.79 Å². The van der Waals surface area contributed by atoms with Gasteiger partial charge < -0.3 is 5.11 Å². The van der Waals surface area contributed by atoms with Crippen molar-refractivity contribution in [2.45, 2.75) is 13.3 Å². The average molecular weight is 171 g/mol. The highest BCUT2D eigenvalue weighted by Gasteiger charge is 2.23. The predicted molar refractivity (Wildman–Crippen MR) is 45.6 cm³/mol. The predicted octanol–water partition coefficient (Wildman–Crippen LogP) is -0.163. The number of hydrogen-bond acceptors (Lipinski definition) is 2. The molecule has 0 atom stereocenters. The minimum absolute atomic E-state index is 0.121. The highest BCUT2D eigenvalue weighted by atomic mass is 16.4. The third kappa shape index (κ3) is 1.96. The van der Waals surface area contributed by atoms with Gasteiger partial charge in [0.2, 0.25) is 5.84 Å². The zero-order valence-electron chi connectivity index (χ0n) is 7.58. The fourth-order valence-electron chi connectivity index (χ4n) is 1.42. The summed E-state index contributed by atoms with van der Waals surface area (Å²) in [4.78, 5) is 12.3. The minimum Gasteiger partial charge on any atom is -0.478 e. The van der Waals surface area contributed by atoms with E-state index in [-0.39, 0.29) is 6.54 Å². The van der Waals surface area contributed by atoms with Crippen molar-refractivity contribution in [3.05, 3.63) is 0 Å². The average Bonchev–Trinajstić information content (AvgIpc) is 1.98. The van der Waals surface area contributed by atoms with E-state index in [4.69, 9.17) is 5.11 Å². The number of carbonyl (C=O) groups is 1. The Morgan fingerprint density at radius 2 is 2.42 bits per heavy atom. The maximum absolute atomic E-state index is 10.4. The molecule has 1 rings (SSSR count). The molecule has 1 aliphatic heterocycles. The maximum atomic E-state index is 10.4. The van der Waals surface area contributed by atoms with Crippen LogP contribution in [0.5, 0.6) is 0 Å². The molecule has 1 heterocycles. The lowest BCUT2D eigenvalue weighted by Crippen LogP contribution is -2.43. The summed E-state index contributed by atoms with van der Waals surface area (Å²) in [5.41, 5.74) is 0. The van der Waals surface area contributed by atoms with E-state index in [0.29, 0.717) is 0 Å². The van der Waals surface area contributed by atoms with Crippen molar-refractivity contribution in [3.63, 3.8) is 0 Å². The fourth-order valence-corrected chi connectivity index (χ4v) is 1.42. The van der Waals surface area contributed by atoms with Crippen LogP contribution in [0.2, 0.25) is 0 Å². The second-order valence-corrected chi connectivity index (χ2v) is 3.14. The van der Waals surface area contributed by atoms with E-state index in [2.05, 4.69) is 4.58 Å². The normalized spacial score (nSPS) is 18.3. The van der Waals surface area contributed by atoms with Crippen LogP contribution in [0.4, 0.5) is 0 Å². The van der Waals surface area contributed by atoms with Crippen molar-refractivity contribution >= 4 is 11.8 Å². The second-order valence-electron chi connectivity index (χ2n) is 3.14. The van der Waals surface area contributed by atoms with Crippen LogP contribution in [0.1, 0.15) is 13.3 Å². The van der Waals surface area contributed by atoms with Gasteiger partial charge in [-0.1, -0.05) is 0 Å². The number of nitrogens with zero attached hydrogens (tertiary/aromatic N) is 2. The molecule has 0 saturated carbocycles. The number of carboxylic acids is 1. The zero-order valence-corrected chi connectivity index (χ0v) is 7.58. The van der Waals surface area contributed by atoms with E-state index >= 15 is 0 Å². The third-order valence-electron chi connectivity index (χ3n) is 2.26. The molecule has 0 unspecified atom stereocenters. The highest BCUT2D eigenvalue weighted by Crippen LogP contribution is 2.00. The second kappa shape index (κ2) is 3.56. The summed E-state index contributed by atoms with van der Waals surface area (Å²) in [6, 6.07) is 0. The molecule has 0 fully saturated rings. The van der Waals surface area contributed by atoms with Gasteiger partial charge in [0.25, 0.3) is 0 Å². The summed E-state index contributed by atoms with van der Waals surface area (Å²) in [6.07, 6.45) is 1.04. The molecule has 0 spiro atoms. The van der Waals surface area contributed by atoms with E-state index in [0.717, 1.165) is 25.3 Å². The Morgan fingerprint density at radius 3 is 3.00 bits per heavy atom. The lowest BCUT2D eigenvalue weighted by atomic mass is 10.3. The smallest absolute Gasteiger partial charge is 0.345 e. The number of aliphatic carboxylic acids is 1. The lowest BCUT2D eigenvalue weighted by Gasteiger charge is -2.21. The molecule has 0 bridgehead atoms. The van der Waals surface area contributed by atoms with Crippen LogP contribution in [0.15, 0.2) is 0 Å². The molecule has 12 heavy (non-hydrogen) atoms. The topological polar surface area (TPSA) is 43.5 Å². The molecule has 0 aromatic heterocycles. The van der Waals surface area contributed by atoms with Crippen LogP contribution >= 0.6 is 0 Å². The molecular formula is C8H15N2O2+. The summed E-state index contributed by atoms with van der Waals surface area (Å²) in [5, 5.41) is 8.60. The van der Waals surface area contributed by atoms with Gasteiger partial charge in [-0.2, -0.15) is 0 Å². The van der Waals surface area contributed by atoms with Crippen LogP contribution < -0.4 is 0 Å². The first-order valence-electron chi connectivity index (χ1n) is 4.12. The standard InChI is InChI=1S/C8H14N2O2/c1-7-9(2)4-3-5-10(7)6-8(11)12/h3-6H2,1-2H3/p+1. The Labute approximate surface area is 72.1 Å². The van der Waals surface area contributed by atoms with Crippen LogP contribution in [-0.2, 0) is 4.79 Å². The van der Waals surface area contributed by atoms with Gasteiger partial charge >= 0.3 is 5.97 Å². The van der Waals surface area contributed by atoms with Gasteiger partial charge in [-0.25, -0.2) is 4.79 Å². The molecule has 1 aliphatic rings. The molecule has 0 amide bonds. The van der Waals surface area contributed by atoms with Crippen molar-refractivity contribution < 1.29 is 14.5 Å². The molecule has 0 aromatic carbocycles. The van der Waals surface area contributed by atoms with Crippen LogP contribution in [-0.4, -0.2) is 53.1 Å². The minimum atomic E-state index is -0.760. The van der Waals surface area contributed by atoms with E-state index in [1.807, 2.05) is 18.9 Å². The van der Waals surface area contributed by atoms with Gasteiger partial charge in [0.05, 0.1) is 20.1 Å². The lowest BCUT2D eigenvalue weighted by molar-refractivity contribution is -0.509. The maximum Gasteiger partial charge on any atom is 0.345 e. The van der Waals surface area contributed by atoms with Crippen LogP contribution in [0.3, 0.4) is 0 Å². The third-order valence-corrected chi connectivity index (χ3v) is 2.26.